The van der Waals surface area contributed by atoms with Gasteiger partial charge in [-0.2, -0.15) is 4.31 Å². The van der Waals surface area contributed by atoms with Crippen LogP contribution in [0, 0.1) is 11.3 Å². The van der Waals surface area contributed by atoms with Crippen LogP contribution in [0.4, 0.5) is 0 Å². The minimum atomic E-state index is -3.27. The molecule has 0 amide bonds. The van der Waals surface area contributed by atoms with Crippen LogP contribution in [0.3, 0.4) is 0 Å². The van der Waals surface area contributed by atoms with E-state index in [0.717, 1.165) is 32.1 Å². The topological polar surface area (TPSA) is 54.5 Å². The molecule has 0 radical (unpaired) electrons. The molecule has 0 aromatic carbocycles. The van der Waals surface area contributed by atoms with Gasteiger partial charge in [0, 0.05) is 24.9 Å². The number of sulfonamides is 1. The summed E-state index contributed by atoms with van der Waals surface area (Å²) in [5.74, 6) is 0.384. The van der Waals surface area contributed by atoms with Crippen molar-refractivity contribution in [1.82, 2.24) is 4.31 Å². The molecule has 2 atom stereocenters. The number of hydrogen-bond acceptors (Lipinski definition) is 3. The molecule has 1 saturated heterocycles. The molecule has 0 spiro atoms. The summed E-state index contributed by atoms with van der Waals surface area (Å²) in [6, 6.07) is -0.0777. The van der Waals surface area contributed by atoms with Crippen molar-refractivity contribution in [2.75, 3.05) is 12.3 Å². The average molecular weight is 301 g/mol. The van der Waals surface area contributed by atoms with Gasteiger partial charge in [-0.3, -0.25) is 4.79 Å². The zero-order valence-electron chi connectivity index (χ0n) is 12.9. The predicted octanol–water partition coefficient (Wildman–Crippen LogP) is 2.59. The fourth-order valence-electron chi connectivity index (χ4n) is 3.56. The second-order valence-electron chi connectivity index (χ2n) is 7.46. The van der Waals surface area contributed by atoms with Crippen molar-refractivity contribution in [1.29, 1.82) is 0 Å². The highest BCUT2D eigenvalue weighted by Crippen LogP contribution is 2.35. The summed E-state index contributed by atoms with van der Waals surface area (Å²) in [5.41, 5.74) is -0.249. The molecule has 1 aliphatic carbocycles. The maximum absolute atomic E-state index is 12.7. The van der Waals surface area contributed by atoms with Gasteiger partial charge in [0.2, 0.25) is 10.0 Å². The highest BCUT2D eigenvalue weighted by Gasteiger charge is 2.42. The minimum Gasteiger partial charge on any atom is -0.299 e. The minimum absolute atomic E-state index is 0.0509. The highest BCUT2D eigenvalue weighted by atomic mass is 32.2. The van der Waals surface area contributed by atoms with Crippen LogP contribution in [0.15, 0.2) is 0 Å². The average Bonchev–Trinajstić information content (AvgIpc) is 2.72. The molecule has 1 heterocycles. The summed E-state index contributed by atoms with van der Waals surface area (Å²) >= 11 is 0. The number of Topliss-reactive ketones (excluding diaryl/α,β-unsaturated/α-hetero) is 1. The zero-order chi connectivity index (χ0) is 15.0. The first-order valence-corrected chi connectivity index (χ1v) is 9.34. The zero-order valence-corrected chi connectivity index (χ0v) is 13.7. The largest absolute Gasteiger partial charge is 0.299 e. The number of piperidine rings is 1. The van der Waals surface area contributed by atoms with E-state index < -0.39 is 10.0 Å². The van der Waals surface area contributed by atoms with Gasteiger partial charge in [0.15, 0.2) is 0 Å². The Kier molecular flexibility index (Phi) is 4.59. The molecule has 20 heavy (non-hydrogen) atoms. The third-order valence-electron chi connectivity index (χ3n) is 4.29. The Balaban J connectivity index is 2.20. The van der Waals surface area contributed by atoms with Gasteiger partial charge in [0.05, 0.1) is 5.75 Å². The molecule has 116 valence electrons. The summed E-state index contributed by atoms with van der Waals surface area (Å²) in [6.07, 6.45) is 5.23. The van der Waals surface area contributed by atoms with Crippen LogP contribution in [-0.2, 0) is 14.8 Å². The molecular weight excluding hydrogens is 274 g/mol. The van der Waals surface area contributed by atoms with Crippen LogP contribution in [0.25, 0.3) is 0 Å². The van der Waals surface area contributed by atoms with Crippen molar-refractivity contribution in [3.63, 3.8) is 0 Å². The van der Waals surface area contributed by atoms with Gasteiger partial charge >= 0.3 is 0 Å². The van der Waals surface area contributed by atoms with Crippen LogP contribution < -0.4 is 0 Å². The Bertz CT molecular complexity index is 464. The van der Waals surface area contributed by atoms with Crippen molar-refractivity contribution < 1.29 is 13.2 Å². The molecule has 1 aliphatic heterocycles. The van der Waals surface area contributed by atoms with Crippen molar-refractivity contribution in [3.8, 4) is 0 Å². The van der Waals surface area contributed by atoms with Crippen molar-refractivity contribution in [2.24, 2.45) is 11.3 Å². The SMILES string of the molecule is CC(C)(C)CS(=O)(=O)N1CCCCC1C1CCCC1=O. The fraction of sp³-hybridized carbons (Fsp3) is 0.933. The predicted molar refractivity (Wildman–Crippen MR) is 79.9 cm³/mol. The van der Waals surface area contributed by atoms with Crippen LogP contribution in [0.5, 0.6) is 0 Å². The van der Waals surface area contributed by atoms with Gasteiger partial charge in [0.1, 0.15) is 5.78 Å². The van der Waals surface area contributed by atoms with Gasteiger partial charge in [-0.25, -0.2) is 8.42 Å². The molecule has 2 unspecified atom stereocenters. The molecule has 2 rings (SSSR count). The maximum atomic E-state index is 12.7. The molecule has 0 aromatic heterocycles. The molecule has 2 aliphatic rings. The molecule has 1 saturated carbocycles. The number of carbonyl (C=O) groups is 1. The third-order valence-corrected chi connectivity index (χ3v) is 6.69. The Morgan fingerprint density at radius 3 is 2.40 bits per heavy atom. The van der Waals surface area contributed by atoms with Gasteiger partial charge in [-0.05, 0) is 31.1 Å². The number of rotatable bonds is 3. The Hall–Kier alpha value is -0.420. The van der Waals surface area contributed by atoms with Crippen molar-refractivity contribution in [3.05, 3.63) is 0 Å². The molecule has 5 heteroatoms. The van der Waals surface area contributed by atoms with E-state index >= 15 is 0 Å². The molecule has 0 N–H and O–H groups in total. The van der Waals surface area contributed by atoms with E-state index in [9.17, 15) is 13.2 Å². The van der Waals surface area contributed by atoms with Gasteiger partial charge < -0.3 is 0 Å². The van der Waals surface area contributed by atoms with Crippen LogP contribution >= 0.6 is 0 Å². The quantitative estimate of drug-likeness (QED) is 0.805. The monoisotopic (exact) mass is 301 g/mol. The first-order valence-electron chi connectivity index (χ1n) is 7.73. The van der Waals surface area contributed by atoms with Crippen molar-refractivity contribution in [2.45, 2.75) is 65.3 Å². The lowest BCUT2D eigenvalue weighted by Crippen LogP contribution is -2.50. The van der Waals surface area contributed by atoms with Crippen molar-refractivity contribution >= 4 is 15.8 Å². The first kappa shape index (κ1) is 16.0. The summed E-state index contributed by atoms with van der Waals surface area (Å²) in [6.45, 7) is 6.44. The third kappa shape index (κ3) is 3.61. The van der Waals surface area contributed by atoms with Crippen LogP contribution in [0.2, 0.25) is 0 Å². The van der Waals surface area contributed by atoms with E-state index in [0.29, 0.717) is 13.0 Å². The summed E-state index contributed by atoms with van der Waals surface area (Å²) < 4.78 is 27.0. The second kappa shape index (κ2) is 5.76. The van der Waals surface area contributed by atoms with E-state index in [1.165, 1.54) is 0 Å². The summed E-state index contributed by atoms with van der Waals surface area (Å²) in [4.78, 5) is 12.0. The molecular formula is C15H27NO3S. The summed E-state index contributed by atoms with van der Waals surface area (Å²) in [5, 5.41) is 0. The van der Waals surface area contributed by atoms with Gasteiger partial charge in [-0.1, -0.05) is 27.2 Å². The molecule has 4 nitrogen and oxygen atoms in total. The smallest absolute Gasteiger partial charge is 0.214 e. The Labute approximate surface area is 123 Å². The van der Waals surface area contributed by atoms with Gasteiger partial charge in [0.25, 0.3) is 0 Å². The van der Waals surface area contributed by atoms with E-state index in [1.807, 2.05) is 20.8 Å². The lowest BCUT2D eigenvalue weighted by molar-refractivity contribution is -0.122. The number of carbonyl (C=O) groups excluding carboxylic acids is 1. The van der Waals surface area contributed by atoms with E-state index in [4.69, 9.17) is 0 Å². The first-order chi connectivity index (χ1) is 9.21. The Morgan fingerprint density at radius 2 is 1.85 bits per heavy atom. The second-order valence-corrected chi connectivity index (χ2v) is 9.38. The maximum Gasteiger partial charge on any atom is 0.214 e. The van der Waals surface area contributed by atoms with Crippen LogP contribution in [0.1, 0.15) is 59.3 Å². The lowest BCUT2D eigenvalue weighted by Gasteiger charge is -2.38. The number of nitrogens with zero attached hydrogens (tertiary/aromatic N) is 1. The van der Waals surface area contributed by atoms with E-state index in [1.54, 1.807) is 4.31 Å². The fourth-order valence-corrected chi connectivity index (χ4v) is 5.89. The lowest BCUT2D eigenvalue weighted by atomic mass is 9.90. The van der Waals surface area contributed by atoms with Gasteiger partial charge in [-0.15, -0.1) is 0 Å². The highest BCUT2D eigenvalue weighted by molar-refractivity contribution is 7.89. The molecule has 0 aromatic rings. The standard InChI is InChI=1S/C15H27NO3S/c1-15(2,3)11-20(18,19)16-10-5-4-8-13(16)12-7-6-9-14(12)17/h12-13H,4-11H2,1-3H3. The molecule has 2 fully saturated rings. The van der Waals surface area contributed by atoms with E-state index in [-0.39, 0.29) is 28.9 Å². The van der Waals surface area contributed by atoms with E-state index in [2.05, 4.69) is 0 Å². The number of ketones is 1. The normalized spacial score (nSPS) is 29.9. The number of hydrogen-bond donors (Lipinski definition) is 0. The summed E-state index contributed by atoms with van der Waals surface area (Å²) in [7, 11) is -3.27. The Morgan fingerprint density at radius 1 is 1.15 bits per heavy atom. The van der Waals surface area contributed by atoms with Crippen LogP contribution in [-0.4, -0.2) is 36.8 Å². The molecule has 0 bridgehead atoms.